The molecule has 0 saturated carbocycles. The zero-order chi connectivity index (χ0) is 11.5. The van der Waals surface area contributed by atoms with Crippen LogP contribution in [0.5, 0.6) is 0 Å². The first-order chi connectivity index (χ1) is 7.69. The fraction of sp³-hybridized carbons (Fsp3) is 0.636. The van der Waals surface area contributed by atoms with Gasteiger partial charge in [-0.15, -0.1) is 0 Å². The van der Waals surface area contributed by atoms with Crippen molar-refractivity contribution in [2.75, 3.05) is 33.3 Å². The molecule has 1 unspecified atom stereocenters. The van der Waals surface area contributed by atoms with Gasteiger partial charge in [0.05, 0.1) is 13.2 Å². The number of furan rings is 1. The van der Waals surface area contributed by atoms with Crippen LogP contribution in [0.2, 0.25) is 5.22 Å². The predicted octanol–water partition coefficient (Wildman–Crippen LogP) is 1.04. The van der Waals surface area contributed by atoms with E-state index < -0.39 is 0 Å². The summed E-state index contributed by atoms with van der Waals surface area (Å²) in [5.74, 6) is 0.881. The summed E-state index contributed by atoms with van der Waals surface area (Å²) in [6.07, 6.45) is 0. The van der Waals surface area contributed by atoms with E-state index >= 15 is 0 Å². The zero-order valence-corrected chi connectivity index (χ0v) is 10.2. The van der Waals surface area contributed by atoms with Crippen molar-refractivity contribution < 1.29 is 9.52 Å². The second kappa shape index (κ2) is 5.19. The van der Waals surface area contributed by atoms with Gasteiger partial charge in [-0.2, -0.15) is 0 Å². The van der Waals surface area contributed by atoms with Crippen LogP contribution >= 0.6 is 11.6 Å². The van der Waals surface area contributed by atoms with Crippen LogP contribution in [0, 0.1) is 0 Å². The Morgan fingerprint density at radius 3 is 2.94 bits per heavy atom. The molecule has 1 fully saturated rings. The first kappa shape index (κ1) is 11.9. The Hall–Kier alpha value is -0.550. The highest BCUT2D eigenvalue weighted by atomic mass is 35.5. The molecule has 1 aromatic rings. The minimum atomic E-state index is 0.200. The lowest BCUT2D eigenvalue weighted by Crippen LogP contribution is -2.52. The number of aliphatic hydroxyl groups is 1. The lowest BCUT2D eigenvalue weighted by Gasteiger charge is -2.38. The smallest absolute Gasteiger partial charge is 0.193 e. The number of rotatable bonds is 3. The third kappa shape index (κ3) is 2.77. The molecule has 2 heterocycles. The lowest BCUT2D eigenvalue weighted by molar-refractivity contribution is 0.0508. The summed E-state index contributed by atoms with van der Waals surface area (Å²) >= 11 is 5.72. The molecule has 1 atom stereocenters. The molecule has 1 aromatic heterocycles. The van der Waals surface area contributed by atoms with Crippen molar-refractivity contribution in [3.8, 4) is 0 Å². The van der Waals surface area contributed by atoms with E-state index in [1.54, 1.807) is 6.07 Å². The highest BCUT2D eigenvalue weighted by molar-refractivity contribution is 6.28. The van der Waals surface area contributed by atoms with Crippen LogP contribution in [0.3, 0.4) is 0 Å². The number of aliphatic hydroxyl groups excluding tert-OH is 1. The largest absolute Gasteiger partial charge is 0.448 e. The van der Waals surface area contributed by atoms with E-state index in [4.69, 9.17) is 16.0 Å². The van der Waals surface area contributed by atoms with Gasteiger partial charge in [-0.3, -0.25) is 9.80 Å². The minimum absolute atomic E-state index is 0.200. The standard InChI is InChI=1S/C11H17ClN2O2/c1-13-4-5-14(6-9(13)8-15)7-10-2-3-11(12)16-10/h2-3,9,15H,4-8H2,1H3. The molecule has 2 rings (SSSR count). The van der Waals surface area contributed by atoms with E-state index in [1.165, 1.54) is 0 Å². The monoisotopic (exact) mass is 244 g/mol. The van der Waals surface area contributed by atoms with Crippen LogP contribution in [0.1, 0.15) is 5.76 Å². The van der Waals surface area contributed by atoms with Crippen LogP contribution in [-0.2, 0) is 6.54 Å². The molecule has 0 aromatic carbocycles. The summed E-state index contributed by atoms with van der Waals surface area (Å²) in [6, 6.07) is 3.88. The summed E-state index contributed by atoms with van der Waals surface area (Å²) in [4.78, 5) is 4.46. The molecule has 1 saturated heterocycles. The summed E-state index contributed by atoms with van der Waals surface area (Å²) in [6.45, 7) is 3.79. The molecular weight excluding hydrogens is 228 g/mol. The summed E-state index contributed by atoms with van der Waals surface area (Å²) in [5.41, 5.74) is 0. The number of likely N-dealkylation sites (N-methyl/N-ethyl adjacent to an activating group) is 1. The number of piperazine rings is 1. The van der Waals surface area contributed by atoms with Crippen molar-refractivity contribution in [3.63, 3.8) is 0 Å². The quantitative estimate of drug-likeness (QED) is 0.863. The summed E-state index contributed by atoms with van der Waals surface area (Å²) in [5, 5.41) is 9.67. The van der Waals surface area contributed by atoms with Crippen molar-refractivity contribution in [2.24, 2.45) is 0 Å². The molecule has 90 valence electrons. The van der Waals surface area contributed by atoms with Crippen molar-refractivity contribution in [1.82, 2.24) is 9.80 Å². The van der Waals surface area contributed by atoms with Crippen LogP contribution < -0.4 is 0 Å². The third-order valence-corrected chi connectivity index (χ3v) is 3.28. The van der Waals surface area contributed by atoms with Gasteiger partial charge >= 0.3 is 0 Å². The molecule has 4 nitrogen and oxygen atoms in total. The molecule has 0 bridgehead atoms. The Kier molecular flexibility index (Phi) is 3.86. The molecule has 0 radical (unpaired) electrons. The normalized spacial score (nSPS) is 23.8. The zero-order valence-electron chi connectivity index (χ0n) is 9.40. The van der Waals surface area contributed by atoms with E-state index in [0.29, 0.717) is 5.22 Å². The van der Waals surface area contributed by atoms with Gasteiger partial charge in [-0.25, -0.2) is 0 Å². The average Bonchev–Trinajstić information content (AvgIpc) is 2.67. The predicted molar refractivity (Wildman–Crippen MR) is 62.5 cm³/mol. The Morgan fingerprint density at radius 2 is 2.31 bits per heavy atom. The Balaban J connectivity index is 1.91. The summed E-state index contributed by atoms with van der Waals surface area (Å²) in [7, 11) is 2.04. The van der Waals surface area contributed by atoms with Crippen LogP contribution in [0.4, 0.5) is 0 Å². The molecule has 1 aliphatic rings. The molecule has 1 aliphatic heterocycles. The minimum Gasteiger partial charge on any atom is -0.448 e. The second-order valence-electron chi connectivity index (χ2n) is 4.26. The molecule has 0 amide bonds. The van der Waals surface area contributed by atoms with Crippen molar-refractivity contribution in [2.45, 2.75) is 12.6 Å². The molecule has 0 spiro atoms. The molecule has 0 aliphatic carbocycles. The van der Waals surface area contributed by atoms with Gasteiger partial charge in [-0.05, 0) is 30.8 Å². The van der Waals surface area contributed by atoms with Crippen molar-refractivity contribution in [3.05, 3.63) is 23.1 Å². The van der Waals surface area contributed by atoms with E-state index in [2.05, 4.69) is 9.80 Å². The Labute approximate surface area is 100 Å². The average molecular weight is 245 g/mol. The fourth-order valence-electron chi connectivity index (χ4n) is 2.01. The maximum Gasteiger partial charge on any atom is 0.193 e. The van der Waals surface area contributed by atoms with Gasteiger partial charge in [0.1, 0.15) is 5.76 Å². The van der Waals surface area contributed by atoms with Crippen LogP contribution in [-0.4, -0.2) is 54.2 Å². The maximum atomic E-state index is 9.24. The van der Waals surface area contributed by atoms with Crippen molar-refractivity contribution in [1.29, 1.82) is 0 Å². The van der Waals surface area contributed by atoms with Gasteiger partial charge in [-0.1, -0.05) is 0 Å². The SMILES string of the molecule is CN1CCN(Cc2ccc(Cl)o2)CC1CO. The first-order valence-corrected chi connectivity index (χ1v) is 5.84. The van der Waals surface area contributed by atoms with E-state index in [1.807, 2.05) is 13.1 Å². The maximum absolute atomic E-state index is 9.24. The van der Waals surface area contributed by atoms with Crippen molar-refractivity contribution >= 4 is 11.6 Å². The van der Waals surface area contributed by atoms with Gasteiger partial charge in [0.2, 0.25) is 0 Å². The van der Waals surface area contributed by atoms with Gasteiger partial charge in [0, 0.05) is 25.7 Å². The highest BCUT2D eigenvalue weighted by Gasteiger charge is 2.23. The Morgan fingerprint density at radius 1 is 1.50 bits per heavy atom. The Bertz CT molecular complexity index is 342. The molecular formula is C11H17ClN2O2. The van der Waals surface area contributed by atoms with Crippen LogP contribution in [0.15, 0.2) is 16.5 Å². The number of nitrogens with zero attached hydrogens (tertiary/aromatic N) is 2. The van der Waals surface area contributed by atoms with Gasteiger partial charge in [0.25, 0.3) is 0 Å². The molecule has 16 heavy (non-hydrogen) atoms. The molecule has 5 heteroatoms. The molecule has 1 N–H and O–H groups in total. The first-order valence-electron chi connectivity index (χ1n) is 5.46. The van der Waals surface area contributed by atoms with E-state index in [9.17, 15) is 5.11 Å². The fourth-order valence-corrected chi connectivity index (χ4v) is 2.17. The topological polar surface area (TPSA) is 39.9 Å². The number of hydrogen-bond donors (Lipinski definition) is 1. The summed E-state index contributed by atoms with van der Waals surface area (Å²) < 4.78 is 5.33. The third-order valence-electron chi connectivity index (χ3n) is 3.08. The van der Waals surface area contributed by atoms with Gasteiger partial charge < -0.3 is 9.52 Å². The number of halogens is 1. The van der Waals surface area contributed by atoms with E-state index in [0.717, 1.165) is 31.9 Å². The number of hydrogen-bond acceptors (Lipinski definition) is 4. The lowest BCUT2D eigenvalue weighted by atomic mass is 10.2. The second-order valence-corrected chi connectivity index (χ2v) is 4.63. The highest BCUT2D eigenvalue weighted by Crippen LogP contribution is 2.16. The van der Waals surface area contributed by atoms with Crippen LogP contribution in [0.25, 0.3) is 0 Å². The van der Waals surface area contributed by atoms with E-state index in [-0.39, 0.29) is 12.6 Å². The van der Waals surface area contributed by atoms with Gasteiger partial charge in [0.15, 0.2) is 5.22 Å².